The molecular formula is C102H96O30. The zero-order chi connectivity index (χ0) is 94.1. The monoisotopic (exact) mass is 1800 g/mol. The number of aromatic hydroxyl groups is 10. The number of fused-ring (bicyclic) bond motifs is 6. The van der Waals surface area contributed by atoms with Gasteiger partial charge in [0.15, 0.2) is 0 Å². The number of phenols is 10. The molecule has 684 valence electrons. The maximum Gasteiger partial charge on any atom is 0.312 e. The van der Waals surface area contributed by atoms with Gasteiger partial charge in [-0.05, 0) is 119 Å². The van der Waals surface area contributed by atoms with Crippen LogP contribution < -0.4 is 66.3 Å². The molecule has 12 aromatic carbocycles. The van der Waals surface area contributed by atoms with Crippen molar-refractivity contribution in [2.45, 2.75) is 101 Å². The molecule has 0 aliphatic carbocycles. The van der Waals surface area contributed by atoms with Crippen molar-refractivity contribution in [3.8, 4) is 138 Å². The fourth-order valence-corrected chi connectivity index (χ4v) is 16.1. The SMILES string of the molecule is CCCOc1cc(O)cc2c1[C@@H](c1ccc(O)cc1)CC(=O)O2.CCCOc1cc(O)cc2c1[C@H](c1ccc(O)cc1)CC(=O)O2.COc1cc(OC)c2c(c1)OC(=O)C[C@@H]2c1ccc(O)cc1.COc1cc(OC)c2c(c1)OC(=O)C[C@H]2c1ccc(O)cc1.COc1ccc([C@@H]2CC(=O)Oc3cc(O)cc(O)c32)cc1.COc1ccc([C@H]2CC(=O)Oc3cc(O)cc(O)c32)cc1. The molecule has 18 rings (SSSR count). The number of benzene rings is 12. The van der Waals surface area contributed by atoms with Crippen molar-refractivity contribution >= 4 is 35.8 Å². The number of carbonyl (C=O) groups excluding carboxylic acids is 6. The second-order valence-electron chi connectivity index (χ2n) is 30.9. The molecule has 0 radical (unpaired) electrons. The van der Waals surface area contributed by atoms with Gasteiger partial charge in [0, 0.05) is 142 Å². The van der Waals surface area contributed by atoms with Gasteiger partial charge in [-0.2, -0.15) is 0 Å². The Labute approximate surface area is 758 Å². The van der Waals surface area contributed by atoms with Crippen LogP contribution in [-0.2, 0) is 28.8 Å². The van der Waals surface area contributed by atoms with Gasteiger partial charge >= 0.3 is 35.8 Å². The van der Waals surface area contributed by atoms with Crippen LogP contribution in [-0.4, -0.2) is 143 Å². The second kappa shape index (κ2) is 42.2. The molecule has 10 N–H and O–H groups in total. The van der Waals surface area contributed by atoms with Crippen molar-refractivity contribution in [3.05, 3.63) is 285 Å². The van der Waals surface area contributed by atoms with Gasteiger partial charge in [-0.15, -0.1) is 0 Å². The number of ether oxygens (including phenoxy) is 14. The van der Waals surface area contributed by atoms with Gasteiger partial charge < -0.3 is 117 Å². The highest BCUT2D eigenvalue weighted by Gasteiger charge is 2.39. The highest BCUT2D eigenvalue weighted by molar-refractivity contribution is 5.84. The quantitative estimate of drug-likeness (QED) is 0.0282. The number of rotatable bonds is 18. The maximum atomic E-state index is 11.9. The number of hydrogen-bond donors (Lipinski definition) is 10. The Bertz CT molecular complexity index is 5800. The Morgan fingerprint density at radius 1 is 0.235 bits per heavy atom. The van der Waals surface area contributed by atoms with E-state index in [0.717, 1.165) is 68.5 Å². The van der Waals surface area contributed by atoms with Crippen LogP contribution in [0.4, 0.5) is 0 Å². The van der Waals surface area contributed by atoms with Crippen LogP contribution in [0.2, 0.25) is 0 Å². The van der Waals surface area contributed by atoms with Gasteiger partial charge in [-0.25, -0.2) is 0 Å². The highest BCUT2D eigenvalue weighted by atomic mass is 16.6. The third-order valence-corrected chi connectivity index (χ3v) is 22.3. The molecule has 6 aliphatic rings. The summed E-state index contributed by atoms with van der Waals surface area (Å²) in [6, 6.07) is 59.6. The van der Waals surface area contributed by atoms with Crippen molar-refractivity contribution < 1.29 is 146 Å². The van der Waals surface area contributed by atoms with Crippen LogP contribution >= 0.6 is 0 Å². The average Bonchev–Trinajstić information content (AvgIpc) is 0.788. The van der Waals surface area contributed by atoms with Gasteiger partial charge in [-0.3, -0.25) is 28.8 Å². The normalized spacial score (nSPS) is 16.7. The zero-order valence-electron chi connectivity index (χ0n) is 73.0. The smallest absolute Gasteiger partial charge is 0.312 e. The van der Waals surface area contributed by atoms with Gasteiger partial charge in [-0.1, -0.05) is 86.6 Å². The molecule has 30 heteroatoms. The number of esters is 6. The van der Waals surface area contributed by atoms with Crippen molar-refractivity contribution in [1.29, 1.82) is 0 Å². The summed E-state index contributed by atoms with van der Waals surface area (Å²) in [5.41, 5.74) is 9.49. The standard InChI is InChI=1S/2C18H18O5.2C17H16O5.2C16H14O5/c2*1-2-7-22-15-8-13(20)9-16-18(15)14(10-17(21)23-16)11-3-5-12(19)6-4-11;2*1-20-12-7-14(21-2)17-13(9-16(19)22-15(17)8-12)10-3-5-11(18)6-4-10;2*1-20-11-4-2-9(3-5-11)12-8-15(19)21-14-7-10(17)6-13(18)16(12)14/h2*3-6,8-9,14,19-20H,2,7,10H2,1H3;2*3-8,13,18H,9H2,1-2H3;2*2-7,12,17-18H,8H2,1H3/t2*14-;2*13-;2*12-/m101010/s1. The summed E-state index contributed by atoms with van der Waals surface area (Å²) in [6.45, 7) is 5.00. The van der Waals surface area contributed by atoms with Gasteiger partial charge in [0.2, 0.25) is 0 Å². The number of hydrogen-bond acceptors (Lipinski definition) is 30. The molecule has 0 unspecified atom stereocenters. The third kappa shape index (κ3) is 22.2. The van der Waals surface area contributed by atoms with Crippen LogP contribution in [0.5, 0.6) is 138 Å². The summed E-state index contributed by atoms with van der Waals surface area (Å²) in [4.78, 5) is 71.2. The molecule has 30 nitrogen and oxygen atoms in total. The lowest BCUT2D eigenvalue weighted by atomic mass is 9.85. The van der Waals surface area contributed by atoms with Crippen LogP contribution in [0.25, 0.3) is 0 Å². The molecule has 0 spiro atoms. The maximum absolute atomic E-state index is 11.9. The second-order valence-corrected chi connectivity index (χ2v) is 30.9. The van der Waals surface area contributed by atoms with Crippen LogP contribution in [0.15, 0.2) is 218 Å². The van der Waals surface area contributed by atoms with Crippen molar-refractivity contribution in [3.63, 3.8) is 0 Å². The van der Waals surface area contributed by atoms with E-state index in [1.54, 1.807) is 200 Å². The van der Waals surface area contributed by atoms with Crippen molar-refractivity contribution in [1.82, 2.24) is 0 Å². The van der Waals surface area contributed by atoms with Crippen LogP contribution in [0.3, 0.4) is 0 Å². The minimum Gasteiger partial charge on any atom is -0.508 e. The Balaban J connectivity index is 0.000000135. The van der Waals surface area contributed by atoms with E-state index in [0.29, 0.717) is 93.3 Å². The van der Waals surface area contributed by atoms with E-state index in [2.05, 4.69) is 0 Å². The Kier molecular flexibility index (Phi) is 29.9. The molecular weight excluding hydrogens is 1710 g/mol. The van der Waals surface area contributed by atoms with Crippen LogP contribution in [0, 0.1) is 0 Å². The van der Waals surface area contributed by atoms with E-state index < -0.39 is 11.9 Å². The Hall–Kier alpha value is -16.1. The fraction of sp³-hybridized carbons (Fsp3) is 0.235. The molecule has 0 amide bonds. The van der Waals surface area contributed by atoms with Gasteiger partial charge in [0.1, 0.15) is 138 Å². The number of phenolic OH excluding ortho intramolecular Hbond substituents is 10. The summed E-state index contributed by atoms with van der Waals surface area (Å²) in [6.07, 6.45) is 2.74. The lowest BCUT2D eigenvalue weighted by molar-refractivity contribution is -0.136. The van der Waals surface area contributed by atoms with E-state index in [-0.39, 0.29) is 167 Å². The Morgan fingerprint density at radius 3 is 0.682 bits per heavy atom. The first-order valence-electron chi connectivity index (χ1n) is 41.9. The highest BCUT2D eigenvalue weighted by Crippen LogP contribution is 2.53. The van der Waals surface area contributed by atoms with E-state index in [1.165, 1.54) is 36.4 Å². The van der Waals surface area contributed by atoms with Gasteiger partial charge in [0.05, 0.1) is 94.4 Å². The summed E-state index contributed by atoms with van der Waals surface area (Å²) in [5.74, 6) is 3.42. The molecule has 0 saturated heterocycles. The molecule has 0 bridgehead atoms. The van der Waals surface area contributed by atoms with Crippen LogP contribution in [0.1, 0.15) is 167 Å². The number of carbonyl (C=O) groups is 6. The average molecular weight is 1800 g/mol. The predicted molar refractivity (Wildman–Crippen MR) is 477 cm³/mol. The fourth-order valence-electron chi connectivity index (χ4n) is 16.1. The van der Waals surface area contributed by atoms with E-state index in [4.69, 9.17) is 66.3 Å². The molecule has 12 aromatic rings. The minimum atomic E-state index is -0.395. The first kappa shape index (κ1) is 93.5. The summed E-state index contributed by atoms with van der Waals surface area (Å²) in [7, 11) is 9.39. The summed E-state index contributed by atoms with van der Waals surface area (Å²) < 4.78 is 74.5. The van der Waals surface area contributed by atoms with E-state index in [9.17, 15) is 79.8 Å². The molecule has 6 atom stereocenters. The molecule has 6 aliphatic heterocycles. The zero-order valence-corrected chi connectivity index (χ0v) is 73.0. The molecule has 0 aromatic heterocycles. The first-order valence-corrected chi connectivity index (χ1v) is 41.9. The Morgan fingerprint density at radius 2 is 0.447 bits per heavy atom. The van der Waals surface area contributed by atoms with E-state index in [1.807, 2.05) is 38.1 Å². The largest absolute Gasteiger partial charge is 0.508 e. The van der Waals surface area contributed by atoms with E-state index >= 15 is 0 Å². The first-order chi connectivity index (χ1) is 63.6. The van der Waals surface area contributed by atoms with Gasteiger partial charge in [0.25, 0.3) is 0 Å². The molecule has 132 heavy (non-hydrogen) atoms. The topological polar surface area (TPSA) is 434 Å². The molecule has 6 heterocycles. The number of methoxy groups -OCH3 is 6. The lowest BCUT2D eigenvalue weighted by Crippen LogP contribution is -2.22. The predicted octanol–water partition coefficient (Wildman–Crippen LogP) is 17.5. The molecule has 0 saturated carbocycles. The molecule has 0 fully saturated rings. The van der Waals surface area contributed by atoms with Crippen molar-refractivity contribution in [2.75, 3.05) is 55.9 Å². The van der Waals surface area contributed by atoms with Crippen molar-refractivity contribution in [2.24, 2.45) is 0 Å². The summed E-state index contributed by atoms with van der Waals surface area (Å²) >= 11 is 0. The lowest BCUT2D eigenvalue weighted by Gasteiger charge is -2.27. The minimum absolute atomic E-state index is 0.00555. The third-order valence-electron chi connectivity index (χ3n) is 22.3. The summed E-state index contributed by atoms with van der Waals surface area (Å²) in [5, 5.41) is 96.7.